The quantitative estimate of drug-likeness (QED) is 0.279. The number of carboxylic acids is 1. The molecular formula is C12H20NO9-. The molecule has 1 aliphatic rings. The van der Waals surface area contributed by atoms with Crippen LogP contribution in [0.25, 0.3) is 0 Å². The maximum atomic E-state index is 11.2. The van der Waals surface area contributed by atoms with Crippen LogP contribution in [0.3, 0.4) is 0 Å². The molecule has 0 spiro atoms. The summed E-state index contributed by atoms with van der Waals surface area (Å²) in [7, 11) is 0. The maximum Gasteiger partial charge on any atom is 0.217 e. The number of carbonyl (C=O) groups excluding carboxylic acids is 2. The van der Waals surface area contributed by atoms with Crippen molar-refractivity contribution in [2.75, 3.05) is 6.61 Å². The van der Waals surface area contributed by atoms with Gasteiger partial charge in [-0.15, -0.1) is 0 Å². The average molecular weight is 322 g/mol. The number of hydrogen-bond acceptors (Lipinski definition) is 9. The van der Waals surface area contributed by atoms with E-state index >= 15 is 0 Å². The smallest absolute Gasteiger partial charge is 0.217 e. The van der Waals surface area contributed by atoms with Gasteiger partial charge in [-0.3, -0.25) is 4.79 Å². The summed E-state index contributed by atoms with van der Waals surface area (Å²) in [5.74, 6) is -5.43. The summed E-state index contributed by atoms with van der Waals surface area (Å²) in [6, 6.07) is -1.21. The van der Waals surface area contributed by atoms with Crippen LogP contribution in [0.4, 0.5) is 0 Å². The Morgan fingerprint density at radius 3 is 2.50 bits per heavy atom. The van der Waals surface area contributed by atoms with Gasteiger partial charge in [0.05, 0.1) is 31.0 Å². The van der Waals surface area contributed by atoms with Crippen molar-refractivity contribution in [3.05, 3.63) is 0 Å². The van der Waals surface area contributed by atoms with Crippen molar-refractivity contribution < 1.29 is 45.0 Å². The third kappa shape index (κ3) is 4.35. The third-order valence-electron chi connectivity index (χ3n) is 3.38. The Balaban J connectivity index is 3.00. The molecule has 0 radical (unpaired) electrons. The van der Waals surface area contributed by atoms with E-state index in [1.54, 1.807) is 0 Å². The summed E-state index contributed by atoms with van der Waals surface area (Å²) in [5.41, 5.74) is 0. The second-order valence-corrected chi connectivity index (χ2v) is 5.29. The first-order valence-electron chi connectivity index (χ1n) is 6.64. The number of carbonyl (C=O) groups is 2. The Morgan fingerprint density at radius 2 is 2.05 bits per heavy atom. The molecule has 6 N–H and O–H groups in total. The number of carboxylic acid groups (broad SMARTS) is 1. The monoisotopic (exact) mass is 322 g/mol. The molecule has 128 valence electrons. The Morgan fingerprint density at radius 1 is 1.45 bits per heavy atom. The van der Waals surface area contributed by atoms with E-state index in [1.807, 2.05) is 0 Å². The van der Waals surface area contributed by atoms with E-state index in [4.69, 9.17) is 9.84 Å². The number of aliphatic hydroxyl groups excluding tert-OH is 4. The molecule has 0 aromatic heterocycles. The van der Waals surface area contributed by atoms with Crippen LogP contribution in [-0.2, 0) is 14.3 Å². The lowest BCUT2D eigenvalue weighted by Crippen LogP contribution is -2.67. The summed E-state index contributed by atoms with van der Waals surface area (Å²) in [6.07, 6.45) is -7.16. The van der Waals surface area contributed by atoms with Crippen molar-refractivity contribution in [2.45, 2.75) is 56.0 Å². The van der Waals surface area contributed by atoms with E-state index in [0.29, 0.717) is 0 Å². The third-order valence-corrected chi connectivity index (χ3v) is 3.38. The van der Waals surface area contributed by atoms with Crippen molar-refractivity contribution >= 4 is 11.9 Å². The van der Waals surface area contributed by atoms with Crippen LogP contribution in [0.15, 0.2) is 0 Å². The van der Waals surface area contributed by atoms with Gasteiger partial charge in [0.15, 0.2) is 0 Å². The number of aliphatic carboxylic acids is 1. The fourth-order valence-electron chi connectivity index (χ4n) is 2.33. The number of rotatable bonds is 6. The first-order valence-corrected chi connectivity index (χ1v) is 6.64. The number of hydrogen-bond donors (Lipinski definition) is 6. The van der Waals surface area contributed by atoms with E-state index in [-0.39, 0.29) is 0 Å². The molecule has 10 heteroatoms. The number of nitrogens with one attached hydrogen (secondary N) is 1. The maximum absolute atomic E-state index is 11.2. The van der Waals surface area contributed by atoms with E-state index < -0.39 is 67.6 Å². The molecule has 6 atom stereocenters. The molecule has 10 nitrogen and oxygen atoms in total. The lowest BCUT2D eigenvalue weighted by atomic mass is 9.88. The summed E-state index contributed by atoms with van der Waals surface area (Å²) >= 11 is 0. The van der Waals surface area contributed by atoms with Crippen molar-refractivity contribution in [1.82, 2.24) is 5.32 Å². The Hall–Kier alpha value is -1.30. The van der Waals surface area contributed by atoms with E-state index in [2.05, 4.69) is 5.32 Å². The number of ether oxygens (including phenoxy) is 1. The fourth-order valence-corrected chi connectivity index (χ4v) is 2.33. The Kier molecular flexibility index (Phi) is 6.23. The van der Waals surface area contributed by atoms with Crippen molar-refractivity contribution in [2.24, 2.45) is 0 Å². The minimum absolute atomic E-state index is 0.424. The van der Waals surface area contributed by atoms with Crippen molar-refractivity contribution in [3.63, 3.8) is 0 Å². The van der Waals surface area contributed by atoms with Gasteiger partial charge in [-0.05, 0) is 0 Å². The molecule has 1 amide bonds. The molecule has 1 fully saturated rings. The molecule has 2 unspecified atom stereocenters. The minimum Gasteiger partial charge on any atom is -0.544 e. The molecule has 1 heterocycles. The number of aliphatic hydroxyl groups is 5. The van der Waals surface area contributed by atoms with E-state index in [0.717, 1.165) is 6.92 Å². The van der Waals surface area contributed by atoms with Gasteiger partial charge in [0.2, 0.25) is 11.7 Å². The molecule has 0 bridgehead atoms. The second kappa shape index (κ2) is 7.31. The largest absolute Gasteiger partial charge is 0.544 e. The van der Waals surface area contributed by atoms with Gasteiger partial charge in [0, 0.05) is 19.8 Å². The summed E-state index contributed by atoms with van der Waals surface area (Å²) < 4.78 is 4.90. The summed E-state index contributed by atoms with van der Waals surface area (Å²) in [4.78, 5) is 22.1. The Bertz CT molecular complexity index is 417. The molecule has 0 aromatic rings. The fraction of sp³-hybridized carbons (Fsp3) is 0.833. The lowest BCUT2D eigenvalue weighted by Gasteiger charge is -2.46. The minimum atomic E-state index is -2.84. The van der Waals surface area contributed by atoms with Crippen LogP contribution in [0.1, 0.15) is 19.8 Å². The Labute approximate surface area is 125 Å². The van der Waals surface area contributed by atoms with Gasteiger partial charge in [0.25, 0.3) is 0 Å². The van der Waals surface area contributed by atoms with Gasteiger partial charge >= 0.3 is 0 Å². The topological polar surface area (TPSA) is 180 Å². The van der Waals surface area contributed by atoms with Crippen molar-refractivity contribution in [1.29, 1.82) is 0 Å². The van der Waals surface area contributed by atoms with Crippen LogP contribution in [-0.4, -0.2) is 80.3 Å². The second-order valence-electron chi connectivity index (χ2n) is 5.29. The van der Waals surface area contributed by atoms with Crippen LogP contribution >= 0.6 is 0 Å². The van der Waals surface area contributed by atoms with Gasteiger partial charge < -0.3 is 45.5 Å². The average Bonchev–Trinajstić information content (AvgIpc) is 2.40. The van der Waals surface area contributed by atoms with Crippen LogP contribution in [0, 0.1) is 0 Å². The van der Waals surface area contributed by atoms with Crippen LogP contribution in [0.5, 0.6) is 0 Å². The van der Waals surface area contributed by atoms with Crippen LogP contribution in [0.2, 0.25) is 0 Å². The molecule has 1 saturated heterocycles. The highest BCUT2D eigenvalue weighted by atomic mass is 16.7. The first kappa shape index (κ1) is 18.7. The zero-order valence-electron chi connectivity index (χ0n) is 11.9. The molecule has 0 saturated carbocycles. The predicted molar refractivity (Wildman–Crippen MR) is 66.8 cm³/mol. The highest BCUT2D eigenvalue weighted by Crippen LogP contribution is 2.30. The molecule has 1 aliphatic heterocycles. The lowest BCUT2D eigenvalue weighted by molar-refractivity contribution is -0.372. The predicted octanol–water partition coefficient (Wildman–Crippen LogP) is -4.82. The molecule has 1 rings (SSSR count). The van der Waals surface area contributed by atoms with Crippen LogP contribution < -0.4 is 10.4 Å². The molecular weight excluding hydrogens is 302 g/mol. The zero-order chi connectivity index (χ0) is 17.1. The van der Waals surface area contributed by atoms with Gasteiger partial charge in [0.1, 0.15) is 12.1 Å². The van der Waals surface area contributed by atoms with E-state index in [1.165, 1.54) is 0 Å². The standard InChI is InChI=1S/C12H21NO9/c1-5(15)13-9-8(18)3-12(21,11(19)20)22-10(9)7(17)2-6(16)4-14/h6-10,14,16-18,21H,2-4H2,1H3,(H,13,15)(H,19,20)/p-1/t6?,7?,8-,9+,10-,12+/m0/s1. The highest BCUT2D eigenvalue weighted by Gasteiger charge is 2.49. The molecule has 0 aliphatic carbocycles. The van der Waals surface area contributed by atoms with E-state index in [9.17, 15) is 35.1 Å². The number of amides is 1. The van der Waals surface area contributed by atoms with Crippen molar-refractivity contribution in [3.8, 4) is 0 Å². The molecule has 0 aromatic carbocycles. The first-order chi connectivity index (χ1) is 10.1. The zero-order valence-corrected chi connectivity index (χ0v) is 11.9. The summed E-state index contributed by atoms with van der Waals surface area (Å²) in [6.45, 7) is 0.472. The van der Waals surface area contributed by atoms with Gasteiger partial charge in [-0.25, -0.2) is 0 Å². The highest BCUT2D eigenvalue weighted by molar-refractivity contribution is 5.74. The van der Waals surface area contributed by atoms with Gasteiger partial charge in [-0.1, -0.05) is 0 Å². The SMILES string of the molecule is CC(=O)N[C@@H]1[C@@H](O)C[C@](O)(C(=O)[O-])O[C@H]1C(O)CC(O)CO. The summed E-state index contributed by atoms with van der Waals surface area (Å²) in [5, 5.41) is 61.1. The van der Waals surface area contributed by atoms with Gasteiger partial charge in [-0.2, -0.15) is 0 Å². The molecule has 22 heavy (non-hydrogen) atoms. The normalized spacial score (nSPS) is 34.7.